The second kappa shape index (κ2) is 8.32. The summed E-state index contributed by atoms with van der Waals surface area (Å²) >= 11 is 3.51. The van der Waals surface area contributed by atoms with E-state index in [2.05, 4.69) is 29.8 Å². The van der Waals surface area contributed by atoms with E-state index < -0.39 is 10.7 Å². The Morgan fingerprint density at radius 2 is 1.95 bits per heavy atom. The van der Waals surface area contributed by atoms with Crippen LogP contribution < -0.4 is 4.74 Å². The van der Waals surface area contributed by atoms with Crippen LogP contribution in [0, 0.1) is 21.3 Å². The summed E-state index contributed by atoms with van der Waals surface area (Å²) < 4.78 is 19.4. The van der Waals surface area contributed by atoms with Gasteiger partial charge in [0, 0.05) is 16.8 Å². The molecule has 21 heavy (non-hydrogen) atoms. The first-order valence-corrected chi connectivity index (χ1v) is 8.23. The maximum atomic E-state index is 13.8. The molecule has 0 atom stereocenters. The summed E-state index contributed by atoms with van der Waals surface area (Å²) in [6.07, 6.45) is 3.81. The van der Waals surface area contributed by atoms with Gasteiger partial charge in [-0.25, -0.2) is 4.39 Å². The predicted octanol–water partition coefficient (Wildman–Crippen LogP) is 5.09. The molecule has 0 unspecified atom stereocenters. The maximum absolute atomic E-state index is 13.8. The van der Waals surface area contributed by atoms with E-state index in [-0.39, 0.29) is 23.5 Å². The number of benzene rings is 1. The van der Waals surface area contributed by atoms with Gasteiger partial charge in [-0.15, -0.1) is 0 Å². The topological polar surface area (TPSA) is 52.4 Å². The molecule has 1 rings (SSSR count). The minimum atomic E-state index is -0.694. The number of ether oxygens (including phenoxy) is 1. The predicted molar refractivity (Wildman–Crippen MR) is 84.6 cm³/mol. The lowest BCUT2D eigenvalue weighted by molar-refractivity contribution is -0.386. The van der Waals surface area contributed by atoms with Crippen LogP contribution in [0.5, 0.6) is 5.75 Å². The molecule has 0 amide bonds. The third-order valence-electron chi connectivity index (χ3n) is 3.51. The molecule has 0 aliphatic heterocycles. The van der Waals surface area contributed by atoms with E-state index in [1.807, 2.05) is 0 Å². The van der Waals surface area contributed by atoms with Gasteiger partial charge in [-0.2, -0.15) is 0 Å². The monoisotopic (exact) mass is 361 g/mol. The number of nitro groups is 1. The Kier molecular flexibility index (Phi) is 7.08. The normalized spacial score (nSPS) is 11.4. The minimum absolute atomic E-state index is 0.125. The number of hydrogen-bond donors (Lipinski definition) is 0. The van der Waals surface area contributed by atoms with Gasteiger partial charge >= 0.3 is 5.69 Å². The van der Waals surface area contributed by atoms with Crippen molar-refractivity contribution in [1.82, 2.24) is 0 Å². The highest BCUT2D eigenvalue weighted by Crippen LogP contribution is 2.36. The van der Waals surface area contributed by atoms with Crippen LogP contribution in [-0.2, 0) is 0 Å². The highest BCUT2D eigenvalue weighted by Gasteiger charge is 2.30. The van der Waals surface area contributed by atoms with Crippen molar-refractivity contribution in [3.63, 3.8) is 0 Å². The van der Waals surface area contributed by atoms with E-state index in [9.17, 15) is 14.5 Å². The molecule has 0 radical (unpaired) electrons. The molecule has 0 fully saturated rings. The molecule has 0 bridgehead atoms. The average molecular weight is 362 g/mol. The number of alkyl halides is 1. The Hall–Kier alpha value is -1.17. The Balaban J connectivity index is 2.97. The summed E-state index contributed by atoms with van der Waals surface area (Å²) in [6.45, 7) is 4.43. The summed E-state index contributed by atoms with van der Waals surface area (Å²) in [5.41, 5.74) is -0.453. The lowest BCUT2D eigenvalue weighted by Gasteiger charge is -2.31. The Labute approximate surface area is 133 Å². The van der Waals surface area contributed by atoms with E-state index in [1.165, 1.54) is 18.2 Å². The molecule has 0 aliphatic rings. The summed E-state index contributed by atoms with van der Waals surface area (Å²) in [5, 5.41) is 11.7. The molecule has 0 N–H and O–H groups in total. The van der Waals surface area contributed by atoms with Crippen LogP contribution in [0.3, 0.4) is 0 Å². The molecule has 0 heterocycles. The zero-order valence-electron chi connectivity index (χ0n) is 12.4. The second-order valence-corrected chi connectivity index (χ2v) is 5.83. The number of halogens is 2. The molecule has 118 valence electrons. The van der Waals surface area contributed by atoms with Crippen LogP contribution in [-0.4, -0.2) is 16.9 Å². The van der Waals surface area contributed by atoms with Gasteiger partial charge in [-0.1, -0.05) is 48.7 Å². The smallest absolute Gasteiger partial charge is 0.314 e. The Bertz CT molecular complexity index is 476. The fourth-order valence-electron chi connectivity index (χ4n) is 2.51. The molecule has 1 aromatic rings. The van der Waals surface area contributed by atoms with Crippen LogP contribution in [0.1, 0.15) is 39.5 Å². The molecule has 1 aromatic carbocycles. The van der Waals surface area contributed by atoms with Crippen molar-refractivity contribution < 1.29 is 14.1 Å². The first kappa shape index (κ1) is 17.9. The minimum Gasteiger partial charge on any atom is -0.484 e. The molecule has 0 aliphatic carbocycles. The zero-order valence-corrected chi connectivity index (χ0v) is 14.0. The first-order chi connectivity index (χ1) is 9.99. The number of nitrogens with zero attached hydrogens (tertiary/aromatic N) is 1. The first-order valence-electron chi connectivity index (χ1n) is 7.11. The Morgan fingerprint density at radius 1 is 1.33 bits per heavy atom. The number of rotatable bonds is 9. The van der Waals surface area contributed by atoms with E-state index in [0.29, 0.717) is 0 Å². The van der Waals surface area contributed by atoms with E-state index in [1.54, 1.807) is 0 Å². The van der Waals surface area contributed by atoms with Crippen molar-refractivity contribution in [1.29, 1.82) is 0 Å². The maximum Gasteiger partial charge on any atom is 0.314 e. The van der Waals surface area contributed by atoms with Crippen LogP contribution in [0.25, 0.3) is 0 Å². The summed E-state index contributed by atoms with van der Waals surface area (Å²) in [5.74, 6) is -0.958. The summed E-state index contributed by atoms with van der Waals surface area (Å²) in [4.78, 5) is 10.4. The van der Waals surface area contributed by atoms with Crippen molar-refractivity contribution in [3.8, 4) is 5.75 Å². The summed E-state index contributed by atoms with van der Waals surface area (Å²) in [7, 11) is 0. The molecule has 0 aromatic heterocycles. The van der Waals surface area contributed by atoms with Crippen LogP contribution in [0.15, 0.2) is 18.2 Å². The largest absolute Gasteiger partial charge is 0.484 e. The highest BCUT2D eigenvalue weighted by atomic mass is 79.9. The zero-order chi connectivity index (χ0) is 15.9. The molecule has 6 heteroatoms. The van der Waals surface area contributed by atoms with Crippen LogP contribution in [0.2, 0.25) is 0 Å². The SMILES string of the molecule is CCCC(CBr)(CCC)COc1c(F)cccc1[N+](=O)[O-]. The summed E-state index contributed by atoms with van der Waals surface area (Å²) in [6, 6.07) is 3.75. The molecule has 0 saturated carbocycles. The lowest BCUT2D eigenvalue weighted by atomic mass is 9.82. The number of para-hydroxylation sites is 1. The van der Waals surface area contributed by atoms with Crippen LogP contribution >= 0.6 is 15.9 Å². The molecular formula is C15H21BrFNO3. The van der Waals surface area contributed by atoms with E-state index >= 15 is 0 Å². The van der Waals surface area contributed by atoms with Crippen LogP contribution in [0.4, 0.5) is 10.1 Å². The number of hydrogen-bond acceptors (Lipinski definition) is 3. The van der Waals surface area contributed by atoms with Gasteiger partial charge in [0.1, 0.15) is 0 Å². The molecule has 0 spiro atoms. The van der Waals surface area contributed by atoms with E-state index in [4.69, 9.17) is 4.74 Å². The van der Waals surface area contributed by atoms with E-state index in [0.717, 1.165) is 31.0 Å². The quantitative estimate of drug-likeness (QED) is 0.349. The van der Waals surface area contributed by atoms with Gasteiger partial charge in [0.15, 0.2) is 5.82 Å². The van der Waals surface area contributed by atoms with Gasteiger partial charge < -0.3 is 4.74 Å². The third-order valence-corrected chi connectivity index (χ3v) is 4.70. The fraction of sp³-hybridized carbons (Fsp3) is 0.600. The number of nitro benzene ring substituents is 1. The van der Waals surface area contributed by atoms with Crippen molar-refractivity contribution >= 4 is 21.6 Å². The van der Waals surface area contributed by atoms with Crippen molar-refractivity contribution in [3.05, 3.63) is 34.1 Å². The standard InChI is InChI=1S/C15H21BrFNO3/c1-3-8-15(10-16,9-4-2)11-21-14-12(17)6-5-7-13(14)18(19)20/h5-7H,3-4,8-11H2,1-2H3. The fourth-order valence-corrected chi connectivity index (χ4v) is 3.23. The molecule has 4 nitrogen and oxygen atoms in total. The van der Waals surface area contributed by atoms with Gasteiger partial charge in [0.25, 0.3) is 0 Å². The van der Waals surface area contributed by atoms with Gasteiger partial charge in [-0.3, -0.25) is 10.1 Å². The highest BCUT2D eigenvalue weighted by molar-refractivity contribution is 9.09. The molecular weight excluding hydrogens is 341 g/mol. The second-order valence-electron chi connectivity index (χ2n) is 5.27. The van der Waals surface area contributed by atoms with Crippen molar-refractivity contribution in [2.24, 2.45) is 5.41 Å². The average Bonchev–Trinajstić information content (AvgIpc) is 2.45. The third kappa shape index (κ3) is 4.66. The lowest BCUT2D eigenvalue weighted by Crippen LogP contribution is -2.30. The van der Waals surface area contributed by atoms with Gasteiger partial charge in [0.05, 0.1) is 11.5 Å². The van der Waals surface area contributed by atoms with Gasteiger partial charge in [-0.05, 0) is 18.9 Å². The van der Waals surface area contributed by atoms with Crippen molar-refractivity contribution in [2.75, 3.05) is 11.9 Å². The van der Waals surface area contributed by atoms with Gasteiger partial charge in [0.2, 0.25) is 5.75 Å². The Morgan fingerprint density at radius 3 is 2.43 bits per heavy atom. The van der Waals surface area contributed by atoms with Crippen molar-refractivity contribution in [2.45, 2.75) is 39.5 Å². The molecule has 0 saturated heterocycles.